The van der Waals surface area contributed by atoms with E-state index in [1.165, 1.54) is 25.7 Å². The van der Waals surface area contributed by atoms with Crippen LogP contribution in [-0.2, 0) is 20.2 Å². The van der Waals surface area contributed by atoms with Crippen molar-refractivity contribution in [2.75, 3.05) is 19.8 Å². The molecule has 0 amide bonds. The molecule has 2 bridgehead atoms. The van der Waals surface area contributed by atoms with Crippen molar-refractivity contribution in [3.63, 3.8) is 0 Å². The molecule has 4 aliphatic rings. The molecular formula is C16H19ClO3. The quantitative estimate of drug-likeness (QED) is 0.832. The summed E-state index contributed by atoms with van der Waals surface area (Å²) in [6.07, 6.45) is 5.22. The summed E-state index contributed by atoms with van der Waals surface area (Å²) in [4.78, 5) is 0. The third-order valence-electron chi connectivity index (χ3n) is 5.07. The maximum atomic E-state index is 6.02. The Morgan fingerprint density at radius 1 is 0.900 bits per heavy atom. The molecular weight excluding hydrogens is 276 g/mol. The van der Waals surface area contributed by atoms with Gasteiger partial charge in [0.1, 0.15) is 0 Å². The zero-order valence-corrected chi connectivity index (χ0v) is 12.2. The lowest BCUT2D eigenvalue weighted by Crippen LogP contribution is -2.60. The van der Waals surface area contributed by atoms with Crippen molar-refractivity contribution in [3.8, 4) is 0 Å². The predicted molar refractivity (Wildman–Crippen MR) is 75.4 cm³/mol. The Bertz CT molecular complexity index is 468. The first kappa shape index (κ1) is 13.1. The summed E-state index contributed by atoms with van der Waals surface area (Å²) < 4.78 is 18.1. The van der Waals surface area contributed by atoms with Crippen LogP contribution in [-0.4, -0.2) is 19.8 Å². The number of benzene rings is 1. The van der Waals surface area contributed by atoms with E-state index in [4.69, 9.17) is 25.8 Å². The summed E-state index contributed by atoms with van der Waals surface area (Å²) in [6, 6.07) is 7.51. The van der Waals surface area contributed by atoms with Crippen LogP contribution in [0.2, 0.25) is 5.02 Å². The summed E-state index contributed by atoms with van der Waals surface area (Å²) in [5, 5.41) is 0.706. The maximum absolute atomic E-state index is 6.02. The van der Waals surface area contributed by atoms with E-state index in [-0.39, 0.29) is 5.41 Å². The summed E-state index contributed by atoms with van der Waals surface area (Å²) >= 11 is 5.93. The Balaban J connectivity index is 1.56. The molecule has 0 unspecified atom stereocenters. The lowest BCUT2D eigenvalue weighted by Gasteiger charge is -2.54. The van der Waals surface area contributed by atoms with Gasteiger partial charge in [-0.3, -0.25) is 0 Å². The van der Waals surface area contributed by atoms with Gasteiger partial charge < -0.3 is 14.2 Å². The van der Waals surface area contributed by atoms with Crippen molar-refractivity contribution in [2.24, 2.45) is 11.3 Å². The Morgan fingerprint density at radius 3 is 2.00 bits per heavy atom. The molecule has 0 radical (unpaired) electrons. The second-order valence-corrected chi connectivity index (χ2v) is 6.71. The van der Waals surface area contributed by atoms with E-state index in [1.54, 1.807) is 0 Å². The molecule has 20 heavy (non-hydrogen) atoms. The molecule has 5 rings (SSSR count). The van der Waals surface area contributed by atoms with Crippen LogP contribution in [0.15, 0.2) is 24.3 Å². The minimum absolute atomic E-state index is 0.0741. The minimum Gasteiger partial charge on any atom is -0.323 e. The van der Waals surface area contributed by atoms with Crippen molar-refractivity contribution in [3.05, 3.63) is 34.9 Å². The highest BCUT2D eigenvalue weighted by Crippen LogP contribution is 2.51. The van der Waals surface area contributed by atoms with Crippen LogP contribution in [0.3, 0.4) is 0 Å². The highest BCUT2D eigenvalue weighted by atomic mass is 35.5. The summed E-state index contributed by atoms with van der Waals surface area (Å²) in [7, 11) is 0. The van der Waals surface area contributed by atoms with Crippen LogP contribution >= 0.6 is 11.6 Å². The second-order valence-electron chi connectivity index (χ2n) is 6.27. The van der Waals surface area contributed by atoms with Gasteiger partial charge in [0.25, 0.3) is 0 Å². The van der Waals surface area contributed by atoms with E-state index in [2.05, 4.69) is 0 Å². The highest BCUT2D eigenvalue weighted by molar-refractivity contribution is 6.30. The third-order valence-corrected chi connectivity index (χ3v) is 5.32. The van der Waals surface area contributed by atoms with Crippen LogP contribution in [0.25, 0.3) is 0 Å². The van der Waals surface area contributed by atoms with Gasteiger partial charge in [-0.25, -0.2) is 0 Å². The Kier molecular flexibility index (Phi) is 3.08. The fourth-order valence-corrected chi connectivity index (χ4v) is 3.89. The number of rotatable bonds is 2. The van der Waals surface area contributed by atoms with Gasteiger partial charge in [0.05, 0.1) is 19.8 Å². The monoisotopic (exact) mass is 294 g/mol. The highest BCUT2D eigenvalue weighted by Gasteiger charge is 2.56. The normalized spacial score (nSPS) is 37.5. The van der Waals surface area contributed by atoms with Gasteiger partial charge in [0.15, 0.2) is 0 Å². The van der Waals surface area contributed by atoms with Gasteiger partial charge in [0.2, 0.25) is 0 Å². The lowest BCUT2D eigenvalue weighted by molar-refractivity contribution is -0.485. The smallest absolute Gasteiger partial charge is 0.312 e. The molecule has 1 aromatic carbocycles. The minimum atomic E-state index is -1.01. The largest absolute Gasteiger partial charge is 0.323 e. The zero-order valence-electron chi connectivity index (χ0n) is 11.4. The van der Waals surface area contributed by atoms with Crippen LogP contribution in [0.4, 0.5) is 0 Å². The number of ether oxygens (including phenoxy) is 3. The fourth-order valence-electron chi connectivity index (χ4n) is 3.76. The lowest BCUT2D eigenvalue weighted by atomic mass is 9.74. The molecule has 0 spiro atoms. The van der Waals surface area contributed by atoms with E-state index < -0.39 is 5.97 Å². The Morgan fingerprint density at radius 2 is 1.45 bits per heavy atom. The molecule has 0 atom stereocenters. The van der Waals surface area contributed by atoms with Crippen LogP contribution in [0, 0.1) is 11.3 Å². The number of hydrogen-bond donors (Lipinski definition) is 0. The van der Waals surface area contributed by atoms with E-state index in [1.807, 2.05) is 24.3 Å². The van der Waals surface area contributed by atoms with Gasteiger partial charge in [-0.1, -0.05) is 24.4 Å². The van der Waals surface area contributed by atoms with Crippen LogP contribution in [0.1, 0.15) is 31.2 Å². The summed E-state index contributed by atoms with van der Waals surface area (Å²) in [6.45, 7) is 2.21. The maximum Gasteiger partial charge on any atom is 0.312 e. The molecule has 1 aliphatic carbocycles. The number of fused-ring (bicyclic) bond motifs is 3. The van der Waals surface area contributed by atoms with E-state index in [0.717, 1.165) is 25.4 Å². The zero-order chi connectivity index (χ0) is 13.6. The van der Waals surface area contributed by atoms with Crippen molar-refractivity contribution in [1.82, 2.24) is 0 Å². The molecule has 3 heterocycles. The average Bonchev–Trinajstić information content (AvgIpc) is 3.05. The van der Waals surface area contributed by atoms with Gasteiger partial charge >= 0.3 is 5.97 Å². The predicted octanol–water partition coefficient (Wildman–Crippen LogP) is 3.70. The molecule has 4 heteroatoms. The molecule has 4 fully saturated rings. The molecule has 3 aliphatic heterocycles. The SMILES string of the molecule is Clc1ccc(C23OCC(C4CCCC4)(CO2)CO3)cc1. The molecule has 1 aromatic rings. The molecule has 3 saturated heterocycles. The molecule has 0 N–H and O–H groups in total. The van der Waals surface area contributed by atoms with Crippen molar-refractivity contribution in [2.45, 2.75) is 31.7 Å². The number of halogens is 1. The third kappa shape index (κ3) is 1.92. The van der Waals surface area contributed by atoms with Gasteiger partial charge in [-0.2, -0.15) is 0 Å². The average molecular weight is 295 g/mol. The molecule has 3 nitrogen and oxygen atoms in total. The van der Waals surface area contributed by atoms with Crippen LogP contribution < -0.4 is 0 Å². The molecule has 1 saturated carbocycles. The van der Waals surface area contributed by atoms with Crippen molar-refractivity contribution < 1.29 is 14.2 Å². The summed E-state index contributed by atoms with van der Waals surface area (Å²) in [5.74, 6) is -0.323. The first-order valence-electron chi connectivity index (χ1n) is 7.40. The van der Waals surface area contributed by atoms with E-state index in [9.17, 15) is 0 Å². The van der Waals surface area contributed by atoms with Crippen LogP contribution in [0.5, 0.6) is 0 Å². The Hall–Kier alpha value is -0.610. The van der Waals surface area contributed by atoms with Gasteiger partial charge in [-0.05, 0) is 43.0 Å². The summed E-state index contributed by atoms with van der Waals surface area (Å²) in [5.41, 5.74) is 0.964. The fraction of sp³-hybridized carbons (Fsp3) is 0.625. The topological polar surface area (TPSA) is 27.7 Å². The number of hydrogen-bond acceptors (Lipinski definition) is 3. The molecule has 108 valence electrons. The second kappa shape index (κ2) is 4.70. The van der Waals surface area contributed by atoms with E-state index in [0.29, 0.717) is 10.9 Å². The standard InChI is InChI=1S/C16H19ClO3/c17-14-7-5-13(6-8-14)16-18-9-15(10-19-16,11-20-16)12-3-1-2-4-12/h5-8,12H,1-4,9-11H2. The molecule has 0 aromatic heterocycles. The first-order chi connectivity index (χ1) is 9.73. The van der Waals surface area contributed by atoms with E-state index >= 15 is 0 Å². The van der Waals surface area contributed by atoms with Crippen molar-refractivity contribution >= 4 is 11.6 Å². The Labute approximate surface area is 124 Å². The van der Waals surface area contributed by atoms with Crippen molar-refractivity contribution in [1.29, 1.82) is 0 Å². The van der Waals surface area contributed by atoms with Gasteiger partial charge in [-0.15, -0.1) is 0 Å². The van der Waals surface area contributed by atoms with Gasteiger partial charge in [0, 0.05) is 16.0 Å². The first-order valence-corrected chi connectivity index (χ1v) is 7.78.